The molecule has 1 aromatic rings. The molecule has 0 amide bonds. The average molecular weight is 303 g/mol. The number of ether oxygens (including phenoxy) is 4. The molecule has 1 aromatic carbocycles. The van der Waals surface area contributed by atoms with Gasteiger partial charge in [0.25, 0.3) is 0 Å². The van der Waals surface area contributed by atoms with E-state index < -0.39 is 0 Å². The Bertz CT molecular complexity index is 422. The number of hydrogen-bond donors (Lipinski definition) is 0. The van der Waals surface area contributed by atoms with Crippen LogP contribution in [0.25, 0.3) is 0 Å². The van der Waals surface area contributed by atoms with E-state index in [0.717, 1.165) is 0 Å². The number of rotatable bonds is 10. The lowest BCUT2D eigenvalue weighted by atomic mass is 10.2. The summed E-state index contributed by atoms with van der Waals surface area (Å²) in [5, 5.41) is 0.430. The van der Waals surface area contributed by atoms with E-state index in [2.05, 4.69) is 0 Å². The second-order valence-electron chi connectivity index (χ2n) is 3.95. The SMILES string of the molecule is COCCOCCCOc1c(C=O)cc(Cl)cc1OC. The molecule has 0 fully saturated rings. The summed E-state index contributed by atoms with van der Waals surface area (Å²) in [5.41, 5.74) is 0.370. The van der Waals surface area contributed by atoms with Gasteiger partial charge in [0, 0.05) is 31.2 Å². The largest absolute Gasteiger partial charge is 0.493 e. The maximum Gasteiger partial charge on any atom is 0.171 e. The average Bonchev–Trinajstić information content (AvgIpc) is 2.46. The Morgan fingerprint density at radius 3 is 2.60 bits per heavy atom. The molecule has 0 saturated heterocycles. The minimum Gasteiger partial charge on any atom is -0.493 e. The number of carbonyl (C=O) groups excluding carboxylic acids is 1. The molecule has 0 spiro atoms. The van der Waals surface area contributed by atoms with Gasteiger partial charge in [-0.15, -0.1) is 0 Å². The molecule has 0 aliphatic heterocycles. The molecule has 20 heavy (non-hydrogen) atoms. The highest BCUT2D eigenvalue weighted by Crippen LogP contribution is 2.33. The number of halogens is 1. The molecule has 0 bridgehead atoms. The van der Waals surface area contributed by atoms with Crippen LogP contribution in [0.5, 0.6) is 11.5 Å². The van der Waals surface area contributed by atoms with Crippen molar-refractivity contribution in [2.24, 2.45) is 0 Å². The van der Waals surface area contributed by atoms with Crippen LogP contribution in [0.1, 0.15) is 16.8 Å². The zero-order chi connectivity index (χ0) is 14.8. The molecular formula is C14H19ClO5. The van der Waals surface area contributed by atoms with Crippen molar-refractivity contribution in [1.29, 1.82) is 0 Å². The topological polar surface area (TPSA) is 54.0 Å². The summed E-state index contributed by atoms with van der Waals surface area (Å²) in [5.74, 6) is 0.851. The first-order valence-electron chi connectivity index (χ1n) is 6.25. The van der Waals surface area contributed by atoms with Gasteiger partial charge in [0.2, 0.25) is 0 Å². The number of hydrogen-bond acceptors (Lipinski definition) is 5. The molecule has 112 valence electrons. The molecule has 6 heteroatoms. The van der Waals surface area contributed by atoms with Gasteiger partial charge in [-0.05, 0) is 6.07 Å². The molecule has 0 N–H and O–H groups in total. The van der Waals surface area contributed by atoms with Gasteiger partial charge in [-0.2, -0.15) is 0 Å². The third-order valence-electron chi connectivity index (χ3n) is 2.51. The lowest BCUT2D eigenvalue weighted by Gasteiger charge is -2.13. The van der Waals surface area contributed by atoms with Gasteiger partial charge in [-0.25, -0.2) is 0 Å². The normalized spacial score (nSPS) is 10.3. The van der Waals surface area contributed by atoms with Gasteiger partial charge in [-0.1, -0.05) is 11.6 Å². The Morgan fingerprint density at radius 1 is 1.15 bits per heavy atom. The Morgan fingerprint density at radius 2 is 1.95 bits per heavy atom. The van der Waals surface area contributed by atoms with Gasteiger partial charge in [0.05, 0.1) is 32.5 Å². The lowest BCUT2D eigenvalue weighted by Crippen LogP contribution is -2.08. The Kier molecular flexibility index (Phi) is 8.02. The van der Waals surface area contributed by atoms with E-state index in [1.165, 1.54) is 7.11 Å². The van der Waals surface area contributed by atoms with Gasteiger partial charge in [-0.3, -0.25) is 4.79 Å². The van der Waals surface area contributed by atoms with Crippen LogP contribution in [-0.2, 0) is 9.47 Å². The van der Waals surface area contributed by atoms with Crippen molar-refractivity contribution in [2.75, 3.05) is 40.6 Å². The van der Waals surface area contributed by atoms with Crippen molar-refractivity contribution >= 4 is 17.9 Å². The van der Waals surface area contributed by atoms with E-state index in [4.69, 9.17) is 30.5 Å². The van der Waals surface area contributed by atoms with Crippen LogP contribution >= 0.6 is 11.6 Å². The van der Waals surface area contributed by atoms with Crippen LogP contribution in [0, 0.1) is 0 Å². The minimum atomic E-state index is 0.370. The van der Waals surface area contributed by atoms with Crippen LogP contribution in [0.15, 0.2) is 12.1 Å². The Hall–Kier alpha value is -1.30. The number of methoxy groups -OCH3 is 2. The summed E-state index contributed by atoms with van der Waals surface area (Å²) in [6.45, 7) is 2.11. The van der Waals surface area contributed by atoms with Crippen LogP contribution in [-0.4, -0.2) is 46.9 Å². The Labute approximate surface area is 123 Å². The zero-order valence-corrected chi connectivity index (χ0v) is 12.4. The summed E-state index contributed by atoms with van der Waals surface area (Å²) in [6.07, 6.45) is 1.40. The highest BCUT2D eigenvalue weighted by molar-refractivity contribution is 6.31. The van der Waals surface area contributed by atoms with E-state index in [1.54, 1.807) is 19.2 Å². The maximum absolute atomic E-state index is 11.0. The second-order valence-corrected chi connectivity index (χ2v) is 4.39. The van der Waals surface area contributed by atoms with Crippen molar-refractivity contribution in [3.8, 4) is 11.5 Å². The molecule has 0 radical (unpaired) electrons. The highest BCUT2D eigenvalue weighted by Gasteiger charge is 2.12. The maximum atomic E-state index is 11.0. The standard InChI is InChI=1S/C14H19ClO5/c1-17-6-7-19-4-3-5-20-14-11(10-16)8-12(15)9-13(14)18-2/h8-10H,3-7H2,1-2H3. The third-order valence-corrected chi connectivity index (χ3v) is 2.72. The van der Waals surface area contributed by atoms with Crippen molar-refractivity contribution in [3.63, 3.8) is 0 Å². The predicted octanol–water partition coefficient (Wildman–Crippen LogP) is 2.59. The molecule has 1 rings (SSSR count). The fraction of sp³-hybridized carbons (Fsp3) is 0.500. The van der Waals surface area contributed by atoms with E-state index in [-0.39, 0.29) is 0 Å². The van der Waals surface area contributed by atoms with Gasteiger partial charge < -0.3 is 18.9 Å². The number of benzene rings is 1. The zero-order valence-electron chi connectivity index (χ0n) is 11.7. The van der Waals surface area contributed by atoms with E-state index >= 15 is 0 Å². The third kappa shape index (κ3) is 5.36. The molecule has 0 heterocycles. The highest BCUT2D eigenvalue weighted by atomic mass is 35.5. The van der Waals surface area contributed by atoms with Gasteiger partial charge >= 0.3 is 0 Å². The lowest BCUT2D eigenvalue weighted by molar-refractivity contribution is 0.0642. The molecule has 0 aliphatic carbocycles. The molecular weight excluding hydrogens is 284 g/mol. The fourth-order valence-corrected chi connectivity index (χ4v) is 1.78. The monoisotopic (exact) mass is 302 g/mol. The quantitative estimate of drug-likeness (QED) is 0.491. The molecule has 0 aliphatic rings. The Balaban J connectivity index is 2.48. The summed E-state index contributed by atoms with van der Waals surface area (Å²) >= 11 is 5.89. The molecule has 5 nitrogen and oxygen atoms in total. The molecule has 0 saturated carbocycles. The number of aldehydes is 1. The summed E-state index contributed by atoms with van der Waals surface area (Å²) in [7, 11) is 3.13. The fourth-order valence-electron chi connectivity index (χ4n) is 1.56. The molecule has 0 atom stereocenters. The molecule has 0 unspecified atom stereocenters. The summed E-state index contributed by atoms with van der Waals surface area (Å²) in [6, 6.07) is 3.15. The molecule has 0 aromatic heterocycles. The van der Waals surface area contributed by atoms with Gasteiger partial charge in [0.1, 0.15) is 0 Å². The van der Waals surface area contributed by atoms with Crippen molar-refractivity contribution in [3.05, 3.63) is 22.7 Å². The van der Waals surface area contributed by atoms with E-state index in [1.807, 2.05) is 0 Å². The predicted molar refractivity (Wildman–Crippen MR) is 76.2 cm³/mol. The smallest absolute Gasteiger partial charge is 0.171 e. The van der Waals surface area contributed by atoms with Crippen LogP contribution < -0.4 is 9.47 Å². The first-order chi connectivity index (χ1) is 9.72. The van der Waals surface area contributed by atoms with Gasteiger partial charge in [0.15, 0.2) is 17.8 Å². The second kappa shape index (κ2) is 9.58. The summed E-state index contributed by atoms with van der Waals surface area (Å²) < 4.78 is 20.9. The first kappa shape index (κ1) is 16.8. The first-order valence-corrected chi connectivity index (χ1v) is 6.63. The van der Waals surface area contributed by atoms with Crippen molar-refractivity contribution in [1.82, 2.24) is 0 Å². The van der Waals surface area contributed by atoms with E-state index in [0.29, 0.717) is 61.2 Å². The van der Waals surface area contributed by atoms with Crippen molar-refractivity contribution < 1.29 is 23.7 Å². The van der Waals surface area contributed by atoms with E-state index in [9.17, 15) is 4.79 Å². The van der Waals surface area contributed by atoms with Crippen LogP contribution in [0.3, 0.4) is 0 Å². The summed E-state index contributed by atoms with van der Waals surface area (Å²) in [4.78, 5) is 11.0. The van der Waals surface area contributed by atoms with Crippen molar-refractivity contribution in [2.45, 2.75) is 6.42 Å². The van der Waals surface area contributed by atoms with Crippen LogP contribution in [0.4, 0.5) is 0 Å². The number of carbonyl (C=O) groups is 1. The minimum absolute atomic E-state index is 0.370. The van der Waals surface area contributed by atoms with Crippen LogP contribution in [0.2, 0.25) is 5.02 Å².